The van der Waals surface area contributed by atoms with Gasteiger partial charge in [0.05, 0.1) is 11.1 Å². The summed E-state index contributed by atoms with van der Waals surface area (Å²) in [6.07, 6.45) is 5.45. The highest BCUT2D eigenvalue weighted by Crippen LogP contribution is 2.24. The Morgan fingerprint density at radius 3 is 2.12 bits per heavy atom. The van der Waals surface area contributed by atoms with Crippen molar-refractivity contribution in [1.29, 1.82) is 0 Å². The van der Waals surface area contributed by atoms with Crippen molar-refractivity contribution >= 4 is 21.6 Å². The molecule has 2 aromatic heterocycles. The molecule has 0 radical (unpaired) electrons. The molecule has 4 rings (SSSR count). The van der Waals surface area contributed by atoms with E-state index < -0.39 is 10.0 Å². The molecule has 0 saturated carbocycles. The Labute approximate surface area is 188 Å². The molecule has 9 heteroatoms. The average molecular weight is 456 g/mol. The van der Waals surface area contributed by atoms with E-state index in [0.29, 0.717) is 30.2 Å². The molecular formula is C23H29N5O3S. The van der Waals surface area contributed by atoms with Crippen LogP contribution in [0.25, 0.3) is 5.82 Å². The first-order valence-electron chi connectivity index (χ1n) is 10.9. The summed E-state index contributed by atoms with van der Waals surface area (Å²) in [4.78, 5) is 13.3. The van der Waals surface area contributed by atoms with Gasteiger partial charge in [0, 0.05) is 37.2 Å². The number of aryl methyl sites for hydroxylation is 3. The zero-order valence-electron chi connectivity index (χ0n) is 18.7. The fourth-order valence-electron chi connectivity index (χ4n) is 4.20. The minimum Gasteiger partial charge on any atom is -0.322 e. The van der Waals surface area contributed by atoms with E-state index >= 15 is 0 Å². The highest BCUT2D eigenvalue weighted by molar-refractivity contribution is 7.89. The summed E-state index contributed by atoms with van der Waals surface area (Å²) in [5, 5.41) is 7.14. The van der Waals surface area contributed by atoms with Gasteiger partial charge in [-0.1, -0.05) is 12.8 Å². The van der Waals surface area contributed by atoms with Crippen molar-refractivity contribution in [2.24, 2.45) is 7.05 Å². The van der Waals surface area contributed by atoms with Gasteiger partial charge in [0.15, 0.2) is 0 Å². The summed E-state index contributed by atoms with van der Waals surface area (Å²) in [5.74, 6) is 0.381. The molecule has 8 nitrogen and oxygen atoms in total. The van der Waals surface area contributed by atoms with Crippen molar-refractivity contribution in [2.45, 2.75) is 44.4 Å². The second-order valence-electron chi connectivity index (χ2n) is 8.25. The fourth-order valence-corrected chi connectivity index (χ4v) is 5.72. The molecule has 0 aliphatic carbocycles. The third kappa shape index (κ3) is 4.22. The van der Waals surface area contributed by atoms with E-state index in [1.165, 1.54) is 0 Å². The van der Waals surface area contributed by atoms with Crippen LogP contribution in [0, 0.1) is 13.8 Å². The molecule has 3 heterocycles. The van der Waals surface area contributed by atoms with Crippen LogP contribution >= 0.6 is 0 Å². The molecular weight excluding hydrogens is 426 g/mol. The number of amides is 1. The van der Waals surface area contributed by atoms with Crippen LogP contribution in [0.15, 0.2) is 47.5 Å². The van der Waals surface area contributed by atoms with Crippen LogP contribution in [0.4, 0.5) is 5.69 Å². The Balaban J connectivity index is 1.54. The number of carbonyl (C=O) groups is 1. The fraction of sp³-hybridized carbons (Fsp3) is 0.391. The number of hydrogen-bond donors (Lipinski definition) is 1. The quantitative estimate of drug-likeness (QED) is 0.636. The molecule has 0 spiro atoms. The van der Waals surface area contributed by atoms with E-state index in [4.69, 9.17) is 0 Å². The lowest BCUT2D eigenvalue weighted by Crippen LogP contribution is -2.31. The van der Waals surface area contributed by atoms with Crippen molar-refractivity contribution < 1.29 is 13.2 Å². The maximum absolute atomic E-state index is 13.0. The lowest BCUT2D eigenvalue weighted by molar-refractivity contribution is 0.102. The molecule has 32 heavy (non-hydrogen) atoms. The molecule has 1 aliphatic rings. The summed E-state index contributed by atoms with van der Waals surface area (Å²) in [7, 11) is -1.72. The van der Waals surface area contributed by atoms with Gasteiger partial charge >= 0.3 is 0 Å². The number of rotatable bonds is 5. The third-order valence-corrected chi connectivity index (χ3v) is 7.86. The average Bonchev–Trinajstić information content (AvgIpc) is 3.16. The maximum atomic E-state index is 13.0. The number of aromatic nitrogens is 3. The minimum absolute atomic E-state index is 0.248. The van der Waals surface area contributed by atoms with Crippen LogP contribution in [0.2, 0.25) is 0 Å². The van der Waals surface area contributed by atoms with Gasteiger partial charge in [-0.25, -0.2) is 8.42 Å². The monoisotopic (exact) mass is 455 g/mol. The van der Waals surface area contributed by atoms with Crippen LogP contribution in [0.5, 0.6) is 0 Å². The normalized spacial score (nSPS) is 15.5. The number of carbonyl (C=O) groups excluding carboxylic acids is 1. The van der Waals surface area contributed by atoms with Crippen LogP contribution in [0.3, 0.4) is 0 Å². The first-order valence-corrected chi connectivity index (χ1v) is 12.3. The first kappa shape index (κ1) is 22.3. The van der Waals surface area contributed by atoms with Gasteiger partial charge < -0.3 is 9.88 Å². The summed E-state index contributed by atoms with van der Waals surface area (Å²) >= 11 is 0. The first-order chi connectivity index (χ1) is 15.3. The number of benzene rings is 1. The van der Waals surface area contributed by atoms with Crippen molar-refractivity contribution in [2.75, 3.05) is 18.4 Å². The smallest absolute Gasteiger partial charge is 0.261 e. The maximum Gasteiger partial charge on any atom is 0.261 e. The number of nitrogens with one attached hydrogen (secondary N) is 1. The Kier molecular flexibility index (Phi) is 6.21. The van der Waals surface area contributed by atoms with Crippen molar-refractivity contribution in [3.8, 4) is 5.82 Å². The lowest BCUT2D eigenvalue weighted by Gasteiger charge is -2.20. The van der Waals surface area contributed by atoms with Gasteiger partial charge in [0.2, 0.25) is 10.0 Å². The van der Waals surface area contributed by atoms with Gasteiger partial charge in [0.1, 0.15) is 11.4 Å². The van der Waals surface area contributed by atoms with Crippen LogP contribution in [-0.2, 0) is 17.1 Å². The Bertz CT molecular complexity index is 1200. The lowest BCUT2D eigenvalue weighted by atomic mass is 10.2. The van der Waals surface area contributed by atoms with Crippen LogP contribution in [0.1, 0.15) is 47.4 Å². The van der Waals surface area contributed by atoms with E-state index in [0.717, 1.165) is 37.1 Å². The standard InChI is InChI=1S/C23H29N5O3S/c1-17-8-9-18(2)28(17)23-21(16-24-26(23)3)22(29)25-19-10-12-20(13-11-19)32(30,31)27-14-6-4-5-7-15-27/h8-13,16H,4-7,14-15H2,1-3H3,(H,25,29). The number of anilines is 1. The van der Waals surface area contributed by atoms with Gasteiger partial charge in [-0.15, -0.1) is 0 Å². The second-order valence-corrected chi connectivity index (χ2v) is 10.2. The largest absolute Gasteiger partial charge is 0.322 e. The van der Waals surface area contributed by atoms with E-state index in [9.17, 15) is 13.2 Å². The topological polar surface area (TPSA) is 89.2 Å². The van der Waals surface area contributed by atoms with Gasteiger partial charge in [-0.05, 0) is 63.1 Å². The molecule has 1 aliphatic heterocycles. The Morgan fingerprint density at radius 2 is 1.53 bits per heavy atom. The molecule has 0 bridgehead atoms. The molecule has 3 aromatic rings. The Morgan fingerprint density at radius 1 is 0.938 bits per heavy atom. The molecule has 1 saturated heterocycles. The summed E-state index contributed by atoms with van der Waals surface area (Å²) in [5.41, 5.74) is 2.98. The van der Waals surface area contributed by atoms with Crippen molar-refractivity contribution in [3.63, 3.8) is 0 Å². The van der Waals surface area contributed by atoms with E-state index in [2.05, 4.69) is 10.4 Å². The summed E-state index contributed by atoms with van der Waals surface area (Å²) in [6, 6.07) is 10.4. The molecule has 0 unspecified atom stereocenters. The number of sulfonamides is 1. The molecule has 1 N–H and O–H groups in total. The van der Waals surface area contributed by atoms with Gasteiger partial charge in [0.25, 0.3) is 5.91 Å². The van der Waals surface area contributed by atoms with E-state index in [-0.39, 0.29) is 10.8 Å². The van der Waals surface area contributed by atoms with Crippen LogP contribution in [-0.4, -0.2) is 46.1 Å². The SMILES string of the molecule is Cc1ccc(C)n1-c1c(C(=O)Nc2ccc(S(=O)(=O)N3CCCCCC3)cc2)cnn1C. The van der Waals surface area contributed by atoms with Crippen molar-refractivity contribution in [1.82, 2.24) is 18.7 Å². The molecule has 1 amide bonds. The highest BCUT2D eigenvalue weighted by Gasteiger charge is 2.25. The van der Waals surface area contributed by atoms with E-state index in [1.807, 2.05) is 30.5 Å². The summed E-state index contributed by atoms with van der Waals surface area (Å²) < 4.78 is 31.1. The summed E-state index contributed by atoms with van der Waals surface area (Å²) in [6.45, 7) is 5.07. The number of hydrogen-bond acceptors (Lipinski definition) is 4. The Hall–Kier alpha value is -2.91. The minimum atomic E-state index is -3.52. The predicted octanol–water partition coefficient (Wildman–Crippen LogP) is 3.64. The molecule has 0 atom stereocenters. The van der Waals surface area contributed by atoms with Crippen LogP contribution < -0.4 is 5.32 Å². The molecule has 170 valence electrons. The second kappa shape index (κ2) is 8.91. The van der Waals surface area contributed by atoms with Crippen molar-refractivity contribution in [3.05, 3.63) is 59.5 Å². The zero-order valence-corrected chi connectivity index (χ0v) is 19.5. The van der Waals surface area contributed by atoms with E-state index in [1.54, 1.807) is 46.5 Å². The van der Waals surface area contributed by atoms with Gasteiger partial charge in [-0.3, -0.25) is 9.48 Å². The molecule has 1 aromatic carbocycles. The highest BCUT2D eigenvalue weighted by atomic mass is 32.2. The predicted molar refractivity (Wildman–Crippen MR) is 124 cm³/mol. The zero-order chi connectivity index (χ0) is 22.9. The third-order valence-electron chi connectivity index (χ3n) is 5.95. The number of nitrogens with zero attached hydrogens (tertiary/aromatic N) is 4. The van der Waals surface area contributed by atoms with Gasteiger partial charge in [-0.2, -0.15) is 9.40 Å². The molecule has 1 fully saturated rings.